The number of nitrogens with one attached hydrogen (secondary N) is 1. The van der Waals surface area contributed by atoms with Gasteiger partial charge in [0.2, 0.25) is 5.91 Å². The molecule has 2 N–H and O–H groups in total. The lowest BCUT2D eigenvalue weighted by molar-refractivity contribution is -0.142. The van der Waals surface area contributed by atoms with Crippen LogP contribution in [0.25, 0.3) is 0 Å². The number of fused-ring (bicyclic) bond motifs is 2. The predicted molar refractivity (Wildman–Crippen MR) is 100 cm³/mol. The van der Waals surface area contributed by atoms with Crippen molar-refractivity contribution in [2.45, 2.75) is 51.7 Å². The lowest BCUT2D eigenvalue weighted by Crippen LogP contribution is -2.43. The van der Waals surface area contributed by atoms with Crippen molar-refractivity contribution in [3.05, 3.63) is 35.4 Å². The maximum Gasteiger partial charge on any atom is 0.327 e. The highest BCUT2D eigenvalue weighted by Gasteiger charge is 2.46. The molecule has 0 bridgehead atoms. The van der Waals surface area contributed by atoms with E-state index in [9.17, 15) is 24.3 Å². The van der Waals surface area contributed by atoms with Crippen LogP contribution in [0.5, 0.6) is 0 Å². The van der Waals surface area contributed by atoms with Crippen molar-refractivity contribution in [2.75, 3.05) is 6.54 Å². The molecular formula is C20H25N3O5. The Morgan fingerprint density at radius 1 is 1.21 bits per heavy atom. The van der Waals surface area contributed by atoms with Gasteiger partial charge in [-0.2, -0.15) is 0 Å². The van der Waals surface area contributed by atoms with Crippen LogP contribution in [0.4, 0.5) is 4.79 Å². The molecule has 1 fully saturated rings. The van der Waals surface area contributed by atoms with Crippen LogP contribution in [0.15, 0.2) is 24.3 Å². The van der Waals surface area contributed by atoms with Crippen LogP contribution in [0.2, 0.25) is 0 Å². The Morgan fingerprint density at radius 3 is 2.54 bits per heavy atom. The third-order valence-electron chi connectivity index (χ3n) is 5.18. The molecule has 1 saturated heterocycles. The first-order chi connectivity index (χ1) is 13.3. The third-order valence-corrected chi connectivity index (χ3v) is 5.18. The fourth-order valence-corrected chi connectivity index (χ4v) is 3.75. The van der Waals surface area contributed by atoms with Crippen molar-refractivity contribution in [1.82, 2.24) is 15.1 Å². The first-order valence-electron chi connectivity index (χ1n) is 9.49. The van der Waals surface area contributed by atoms with E-state index in [2.05, 4.69) is 5.32 Å². The number of nitrogens with zero attached hydrogens (tertiary/aromatic N) is 2. The molecule has 0 radical (unpaired) electrons. The maximum atomic E-state index is 12.7. The molecule has 0 aromatic heterocycles. The smallest absolute Gasteiger partial charge is 0.327 e. The van der Waals surface area contributed by atoms with Crippen LogP contribution >= 0.6 is 0 Å². The quantitative estimate of drug-likeness (QED) is 0.688. The average molecular weight is 387 g/mol. The zero-order valence-electron chi connectivity index (χ0n) is 16.1. The van der Waals surface area contributed by atoms with Gasteiger partial charge < -0.3 is 15.3 Å². The van der Waals surface area contributed by atoms with Gasteiger partial charge in [0, 0.05) is 25.9 Å². The Balaban J connectivity index is 1.60. The van der Waals surface area contributed by atoms with Crippen molar-refractivity contribution in [3.63, 3.8) is 0 Å². The molecule has 28 heavy (non-hydrogen) atoms. The van der Waals surface area contributed by atoms with Gasteiger partial charge in [0.1, 0.15) is 12.1 Å². The number of carboxylic acid groups (broad SMARTS) is 1. The second-order valence-electron chi connectivity index (χ2n) is 7.73. The fourth-order valence-electron chi connectivity index (χ4n) is 3.75. The van der Waals surface area contributed by atoms with E-state index in [-0.39, 0.29) is 24.8 Å². The van der Waals surface area contributed by atoms with Crippen molar-refractivity contribution in [1.29, 1.82) is 0 Å². The number of urea groups is 1. The minimum absolute atomic E-state index is 0.0547. The van der Waals surface area contributed by atoms with Gasteiger partial charge in [-0.05, 0) is 23.5 Å². The molecule has 1 aromatic carbocycles. The van der Waals surface area contributed by atoms with Crippen LogP contribution < -0.4 is 5.32 Å². The molecule has 4 amide bonds. The van der Waals surface area contributed by atoms with Gasteiger partial charge in [-0.25, -0.2) is 9.59 Å². The van der Waals surface area contributed by atoms with Crippen LogP contribution in [0, 0.1) is 5.92 Å². The van der Waals surface area contributed by atoms with E-state index >= 15 is 0 Å². The minimum Gasteiger partial charge on any atom is -0.480 e. The van der Waals surface area contributed by atoms with Gasteiger partial charge in [0.05, 0.1) is 0 Å². The molecule has 0 spiro atoms. The summed E-state index contributed by atoms with van der Waals surface area (Å²) in [5.41, 5.74) is 2.08. The molecule has 8 heteroatoms. The fraction of sp³-hybridized carbons (Fsp3) is 0.500. The summed E-state index contributed by atoms with van der Waals surface area (Å²) in [5.74, 6) is -1.77. The number of carbonyl (C=O) groups is 4. The number of benzene rings is 1. The first-order valence-corrected chi connectivity index (χ1v) is 9.49. The lowest BCUT2D eigenvalue weighted by atomic mass is 9.95. The topological polar surface area (TPSA) is 107 Å². The van der Waals surface area contributed by atoms with E-state index in [4.69, 9.17) is 0 Å². The second-order valence-corrected chi connectivity index (χ2v) is 7.73. The lowest BCUT2D eigenvalue weighted by Gasteiger charge is -2.28. The van der Waals surface area contributed by atoms with E-state index in [0.717, 1.165) is 16.0 Å². The molecule has 150 valence electrons. The van der Waals surface area contributed by atoms with Crippen LogP contribution in [0.3, 0.4) is 0 Å². The molecule has 0 aliphatic carbocycles. The van der Waals surface area contributed by atoms with Crippen molar-refractivity contribution >= 4 is 23.8 Å². The summed E-state index contributed by atoms with van der Waals surface area (Å²) in [6, 6.07) is 5.82. The van der Waals surface area contributed by atoms with Gasteiger partial charge in [0.25, 0.3) is 5.91 Å². The number of carbonyl (C=O) groups excluding carboxylic acids is 3. The number of hydrogen-bond donors (Lipinski definition) is 2. The van der Waals surface area contributed by atoms with E-state index in [1.807, 2.05) is 38.1 Å². The number of carboxylic acids is 1. The van der Waals surface area contributed by atoms with Crippen molar-refractivity contribution < 1.29 is 24.3 Å². The normalized spacial score (nSPS) is 19.5. The minimum atomic E-state index is -1.09. The van der Waals surface area contributed by atoms with Gasteiger partial charge in [-0.3, -0.25) is 14.5 Å². The summed E-state index contributed by atoms with van der Waals surface area (Å²) in [6.07, 6.45) is 0.669. The Morgan fingerprint density at radius 2 is 1.89 bits per heavy atom. The highest BCUT2D eigenvalue weighted by molar-refractivity contribution is 6.05. The molecule has 2 heterocycles. The summed E-state index contributed by atoms with van der Waals surface area (Å²) in [5, 5.41) is 11.7. The molecule has 2 aliphatic heterocycles. The Kier molecular flexibility index (Phi) is 5.67. The average Bonchev–Trinajstić information content (AvgIpc) is 2.87. The molecule has 2 atom stereocenters. The summed E-state index contributed by atoms with van der Waals surface area (Å²) in [6.45, 7) is 4.07. The van der Waals surface area contributed by atoms with Crippen molar-refractivity contribution in [3.8, 4) is 0 Å². The summed E-state index contributed by atoms with van der Waals surface area (Å²) >= 11 is 0. The summed E-state index contributed by atoms with van der Waals surface area (Å²) < 4.78 is 0. The Bertz CT molecular complexity index is 764. The molecule has 0 unspecified atom stereocenters. The van der Waals surface area contributed by atoms with Crippen LogP contribution in [0.1, 0.15) is 37.8 Å². The molecule has 0 saturated carbocycles. The zero-order valence-corrected chi connectivity index (χ0v) is 16.1. The van der Waals surface area contributed by atoms with E-state index in [0.29, 0.717) is 19.4 Å². The Hall–Kier alpha value is -2.90. The monoisotopic (exact) mass is 387 g/mol. The maximum absolute atomic E-state index is 12.7. The molecular weight excluding hydrogens is 362 g/mol. The van der Waals surface area contributed by atoms with Gasteiger partial charge in [-0.15, -0.1) is 0 Å². The van der Waals surface area contributed by atoms with Crippen molar-refractivity contribution in [2.24, 2.45) is 5.92 Å². The second kappa shape index (κ2) is 8.00. The largest absolute Gasteiger partial charge is 0.480 e. The third kappa shape index (κ3) is 4.00. The highest BCUT2D eigenvalue weighted by Crippen LogP contribution is 2.29. The molecule has 8 nitrogen and oxygen atoms in total. The Labute approximate surface area is 163 Å². The number of amides is 4. The number of rotatable bonds is 7. The van der Waals surface area contributed by atoms with Gasteiger partial charge in [-0.1, -0.05) is 38.1 Å². The predicted octanol–water partition coefficient (Wildman–Crippen LogP) is 1.38. The van der Waals surface area contributed by atoms with E-state index < -0.39 is 30.0 Å². The van der Waals surface area contributed by atoms with Gasteiger partial charge in [0.15, 0.2) is 0 Å². The first kappa shape index (κ1) is 19.9. The van der Waals surface area contributed by atoms with Crippen LogP contribution in [-0.4, -0.2) is 57.3 Å². The van der Waals surface area contributed by atoms with E-state index in [1.54, 1.807) is 4.90 Å². The highest BCUT2D eigenvalue weighted by atomic mass is 16.4. The number of aliphatic carboxylic acids is 1. The number of imide groups is 1. The summed E-state index contributed by atoms with van der Waals surface area (Å²) in [4.78, 5) is 51.4. The van der Waals surface area contributed by atoms with E-state index in [1.165, 1.54) is 0 Å². The SMILES string of the molecule is CC(C)C[C@H](NC(=O)CCN1C(=O)[C@@H]2Cc3ccccc3CN2C1=O)C(=O)O. The summed E-state index contributed by atoms with van der Waals surface area (Å²) in [7, 11) is 0. The molecule has 3 rings (SSSR count). The number of hydrogen-bond acceptors (Lipinski definition) is 4. The molecule has 2 aliphatic rings. The van der Waals surface area contributed by atoms with Gasteiger partial charge >= 0.3 is 12.0 Å². The van der Waals surface area contributed by atoms with Crippen LogP contribution in [-0.2, 0) is 27.3 Å². The molecule has 1 aromatic rings. The standard InChI is InChI=1S/C20H25N3O5/c1-12(2)9-15(19(26)27)21-17(24)7-8-22-18(25)16-10-13-5-3-4-6-14(13)11-23(16)20(22)28/h3-6,12,15-16H,7-11H2,1-2H3,(H,21,24)(H,26,27)/t15-,16-/m0/s1. The zero-order chi connectivity index (χ0) is 20.4.